The molecule has 0 fully saturated rings. The van der Waals surface area contributed by atoms with Crippen molar-refractivity contribution < 1.29 is 9.47 Å². The van der Waals surface area contributed by atoms with Gasteiger partial charge in [-0.1, -0.05) is 42.6 Å². The fraction of sp³-hybridized carbons (Fsp3) is 0.625. The fourth-order valence-electron chi connectivity index (χ4n) is 2.47. The SMILES string of the molecule is CCC(CC)C(C)NCc1cc(OC)c(OC)cc1Br. The number of nitrogens with one attached hydrogen (secondary N) is 1. The molecule has 0 saturated carbocycles. The second-order valence-electron chi connectivity index (χ2n) is 5.04. The summed E-state index contributed by atoms with van der Waals surface area (Å²) < 4.78 is 11.7. The van der Waals surface area contributed by atoms with E-state index in [4.69, 9.17) is 9.47 Å². The van der Waals surface area contributed by atoms with Gasteiger partial charge in [-0.2, -0.15) is 0 Å². The maximum absolute atomic E-state index is 5.35. The lowest BCUT2D eigenvalue weighted by Crippen LogP contribution is -2.32. The smallest absolute Gasteiger partial charge is 0.161 e. The third-order valence-electron chi connectivity index (χ3n) is 3.92. The maximum atomic E-state index is 5.35. The summed E-state index contributed by atoms with van der Waals surface area (Å²) in [6.07, 6.45) is 2.41. The molecule has 0 aliphatic heterocycles. The largest absolute Gasteiger partial charge is 0.493 e. The summed E-state index contributed by atoms with van der Waals surface area (Å²) in [5, 5.41) is 3.60. The molecule has 114 valence electrons. The van der Waals surface area contributed by atoms with Crippen molar-refractivity contribution in [3.63, 3.8) is 0 Å². The van der Waals surface area contributed by atoms with E-state index in [0.717, 1.165) is 22.5 Å². The molecular formula is C16H26BrNO2. The summed E-state index contributed by atoms with van der Waals surface area (Å²) in [6, 6.07) is 4.48. The Balaban J connectivity index is 2.77. The Bertz CT molecular complexity index is 419. The van der Waals surface area contributed by atoms with E-state index in [2.05, 4.69) is 42.0 Å². The quantitative estimate of drug-likeness (QED) is 0.759. The zero-order chi connectivity index (χ0) is 15.1. The van der Waals surface area contributed by atoms with Crippen LogP contribution in [0.3, 0.4) is 0 Å². The minimum Gasteiger partial charge on any atom is -0.493 e. The number of methoxy groups -OCH3 is 2. The number of hydrogen-bond acceptors (Lipinski definition) is 3. The molecule has 0 heterocycles. The van der Waals surface area contributed by atoms with Crippen molar-refractivity contribution in [2.24, 2.45) is 5.92 Å². The zero-order valence-corrected chi connectivity index (χ0v) is 14.7. The van der Waals surface area contributed by atoms with Gasteiger partial charge in [-0.15, -0.1) is 0 Å². The molecule has 0 aliphatic rings. The van der Waals surface area contributed by atoms with E-state index in [1.807, 2.05) is 12.1 Å². The number of hydrogen-bond donors (Lipinski definition) is 1. The maximum Gasteiger partial charge on any atom is 0.161 e. The molecule has 1 atom stereocenters. The molecule has 1 aromatic carbocycles. The van der Waals surface area contributed by atoms with E-state index < -0.39 is 0 Å². The van der Waals surface area contributed by atoms with Crippen molar-refractivity contribution in [1.29, 1.82) is 0 Å². The van der Waals surface area contributed by atoms with Crippen LogP contribution in [0.4, 0.5) is 0 Å². The molecule has 0 saturated heterocycles. The van der Waals surface area contributed by atoms with Crippen molar-refractivity contribution in [3.05, 3.63) is 22.2 Å². The number of benzene rings is 1. The van der Waals surface area contributed by atoms with Crippen LogP contribution in [0, 0.1) is 5.92 Å². The van der Waals surface area contributed by atoms with Gasteiger partial charge in [0.25, 0.3) is 0 Å². The van der Waals surface area contributed by atoms with E-state index in [-0.39, 0.29) is 0 Å². The summed E-state index contributed by atoms with van der Waals surface area (Å²) >= 11 is 3.60. The molecular weight excluding hydrogens is 318 g/mol. The molecule has 0 spiro atoms. The lowest BCUT2D eigenvalue weighted by Gasteiger charge is -2.23. The first kappa shape index (κ1) is 17.3. The molecule has 0 aliphatic carbocycles. The van der Waals surface area contributed by atoms with Crippen molar-refractivity contribution in [3.8, 4) is 11.5 Å². The number of rotatable bonds is 8. The van der Waals surface area contributed by atoms with Crippen LogP contribution < -0.4 is 14.8 Å². The molecule has 0 amide bonds. The minimum atomic E-state index is 0.505. The molecule has 1 rings (SSSR count). The first-order valence-electron chi connectivity index (χ1n) is 7.21. The summed E-state index contributed by atoms with van der Waals surface area (Å²) in [4.78, 5) is 0. The van der Waals surface area contributed by atoms with Crippen LogP contribution in [0.5, 0.6) is 11.5 Å². The van der Waals surface area contributed by atoms with Gasteiger partial charge in [-0.3, -0.25) is 0 Å². The van der Waals surface area contributed by atoms with Crippen LogP contribution in [-0.2, 0) is 6.54 Å². The molecule has 1 unspecified atom stereocenters. The van der Waals surface area contributed by atoms with Gasteiger partial charge in [0.1, 0.15) is 0 Å². The van der Waals surface area contributed by atoms with Crippen LogP contribution in [0.25, 0.3) is 0 Å². The topological polar surface area (TPSA) is 30.5 Å². The highest BCUT2D eigenvalue weighted by atomic mass is 79.9. The van der Waals surface area contributed by atoms with Crippen LogP contribution in [0.15, 0.2) is 16.6 Å². The van der Waals surface area contributed by atoms with Crippen molar-refractivity contribution >= 4 is 15.9 Å². The second kappa shape index (κ2) is 8.53. The van der Waals surface area contributed by atoms with E-state index in [1.165, 1.54) is 18.4 Å². The Labute approximate surface area is 131 Å². The predicted molar refractivity (Wildman–Crippen MR) is 87.6 cm³/mol. The van der Waals surface area contributed by atoms with Crippen LogP contribution in [0.2, 0.25) is 0 Å². The van der Waals surface area contributed by atoms with Gasteiger partial charge in [0.15, 0.2) is 11.5 Å². The highest BCUT2D eigenvalue weighted by molar-refractivity contribution is 9.10. The average molecular weight is 344 g/mol. The monoisotopic (exact) mass is 343 g/mol. The minimum absolute atomic E-state index is 0.505. The van der Waals surface area contributed by atoms with Gasteiger partial charge >= 0.3 is 0 Å². The molecule has 1 aromatic rings. The van der Waals surface area contributed by atoms with Crippen molar-refractivity contribution in [2.75, 3.05) is 14.2 Å². The molecule has 0 aromatic heterocycles. The summed E-state index contributed by atoms with van der Waals surface area (Å²) in [5.74, 6) is 2.23. The van der Waals surface area contributed by atoms with Gasteiger partial charge in [0.05, 0.1) is 14.2 Å². The van der Waals surface area contributed by atoms with Crippen LogP contribution in [-0.4, -0.2) is 20.3 Å². The first-order chi connectivity index (χ1) is 9.57. The van der Waals surface area contributed by atoms with Crippen LogP contribution in [0.1, 0.15) is 39.2 Å². The van der Waals surface area contributed by atoms with Crippen LogP contribution >= 0.6 is 15.9 Å². The Kier molecular flexibility index (Phi) is 7.38. The molecule has 0 radical (unpaired) electrons. The predicted octanol–water partition coefficient (Wildman–Crippen LogP) is 4.38. The highest BCUT2D eigenvalue weighted by Crippen LogP contribution is 2.33. The van der Waals surface area contributed by atoms with Crippen molar-refractivity contribution in [2.45, 2.75) is 46.2 Å². The Hall–Kier alpha value is -0.740. The molecule has 3 nitrogen and oxygen atoms in total. The van der Waals surface area contributed by atoms with E-state index in [0.29, 0.717) is 12.0 Å². The lowest BCUT2D eigenvalue weighted by molar-refractivity contribution is 0.347. The van der Waals surface area contributed by atoms with Gasteiger partial charge in [0, 0.05) is 17.1 Å². The van der Waals surface area contributed by atoms with E-state index >= 15 is 0 Å². The lowest BCUT2D eigenvalue weighted by atomic mass is 9.95. The molecule has 4 heteroatoms. The summed E-state index contributed by atoms with van der Waals surface area (Å²) in [7, 11) is 3.31. The average Bonchev–Trinajstić information content (AvgIpc) is 2.46. The first-order valence-corrected chi connectivity index (χ1v) is 8.00. The molecule has 1 N–H and O–H groups in total. The third kappa shape index (κ3) is 4.38. The standard InChI is InChI=1S/C16H26BrNO2/c1-6-12(7-2)11(3)18-10-13-8-15(19-4)16(20-5)9-14(13)17/h8-9,11-12,18H,6-7,10H2,1-5H3. The second-order valence-corrected chi connectivity index (χ2v) is 5.90. The van der Waals surface area contributed by atoms with Gasteiger partial charge < -0.3 is 14.8 Å². The Morgan fingerprint density at radius 1 is 1.10 bits per heavy atom. The Morgan fingerprint density at radius 2 is 1.65 bits per heavy atom. The number of halogens is 1. The fourth-order valence-corrected chi connectivity index (χ4v) is 2.93. The Morgan fingerprint density at radius 3 is 2.15 bits per heavy atom. The number of ether oxygens (including phenoxy) is 2. The highest BCUT2D eigenvalue weighted by Gasteiger charge is 2.14. The van der Waals surface area contributed by atoms with Gasteiger partial charge in [-0.25, -0.2) is 0 Å². The van der Waals surface area contributed by atoms with E-state index in [9.17, 15) is 0 Å². The summed E-state index contributed by atoms with van der Waals surface area (Å²) in [5.41, 5.74) is 1.18. The van der Waals surface area contributed by atoms with Crippen molar-refractivity contribution in [1.82, 2.24) is 5.32 Å². The van der Waals surface area contributed by atoms with Gasteiger partial charge in [0.2, 0.25) is 0 Å². The molecule has 20 heavy (non-hydrogen) atoms. The normalized spacial score (nSPS) is 12.6. The summed E-state index contributed by atoms with van der Waals surface area (Å²) in [6.45, 7) is 7.57. The van der Waals surface area contributed by atoms with E-state index in [1.54, 1.807) is 14.2 Å². The third-order valence-corrected chi connectivity index (χ3v) is 4.66. The zero-order valence-electron chi connectivity index (χ0n) is 13.1. The molecule has 0 bridgehead atoms. The van der Waals surface area contributed by atoms with Gasteiger partial charge in [-0.05, 0) is 30.5 Å².